The van der Waals surface area contributed by atoms with Gasteiger partial charge < -0.3 is 4.57 Å². The van der Waals surface area contributed by atoms with Gasteiger partial charge in [-0.25, -0.2) is 4.68 Å². The van der Waals surface area contributed by atoms with Gasteiger partial charge in [-0.05, 0) is 42.9 Å². The van der Waals surface area contributed by atoms with E-state index in [9.17, 15) is 9.59 Å². The summed E-state index contributed by atoms with van der Waals surface area (Å²) in [5.41, 5.74) is 3.41. The van der Waals surface area contributed by atoms with Gasteiger partial charge >= 0.3 is 0 Å². The number of aromatic nitrogens is 3. The van der Waals surface area contributed by atoms with Crippen LogP contribution >= 0.6 is 0 Å². The maximum Gasteiger partial charge on any atom is 0.267 e. The largest absolute Gasteiger partial charge is 0.319 e. The average Bonchev–Trinajstić information content (AvgIpc) is 2.70. The molecule has 28 heavy (non-hydrogen) atoms. The van der Waals surface area contributed by atoms with Gasteiger partial charge in [-0.3, -0.25) is 19.4 Å². The molecule has 0 aromatic carbocycles. The summed E-state index contributed by atoms with van der Waals surface area (Å²) < 4.78 is 3.24. The lowest BCUT2D eigenvalue weighted by atomic mass is 9.97. The summed E-state index contributed by atoms with van der Waals surface area (Å²) in [6.07, 6.45) is 6.16. The van der Waals surface area contributed by atoms with Gasteiger partial charge in [0.1, 0.15) is 0 Å². The van der Waals surface area contributed by atoms with Crippen molar-refractivity contribution in [3.63, 3.8) is 0 Å². The van der Waals surface area contributed by atoms with Crippen molar-refractivity contribution >= 4 is 0 Å². The fourth-order valence-corrected chi connectivity index (χ4v) is 4.11. The molecule has 0 spiro atoms. The first-order valence-electron chi connectivity index (χ1n) is 10.3. The summed E-state index contributed by atoms with van der Waals surface area (Å²) in [6.45, 7) is 6.22. The van der Waals surface area contributed by atoms with E-state index in [2.05, 4.69) is 14.9 Å². The van der Waals surface area contributed by atoms with Gasteiger partial charge in [0.2, 0.25) is 0 Å². The van der Waals surface area contributed by atoms with Crippen LogP contribution in [0, 0.1) is 0 Å². The molecular weight excluding hydrogens is 354 g/mol. The summed E-state index contributed by atoms with van der Waals surface area (Å²) in [5.74, 6) is 0. The van der Waals surface area contributed by atoms with E-state index in [-0.39, 0.29) is 11.1 Å². The van der Waals surface area contributed by atoms with Gasteiger partial charge in [0, 0.05) is 64.6 Å². The second kappa shape index (κ2) is 8.41. The van der Waals surface area contributed by atoms with E-state index in [1.165, 1.54) is 12.8 Å². The quantitative estimate of drug-likeness (QED) is 0.758. The lowest BCUT2D eigenvalue weighted by Gasteiger charge is -2.34. The fourth-order valence-electron chi connectivity index (χ4n) is 4.11. The molecule has 1 aliphatic heterocycles. The predicted molar refractivity (Wildman–Crippen MR) is 109 cm³/mol. The molecule has 0 saturated carbocycles. The van der Waals surface area contributed by atoms with Gasteiger partial charge in [0.05, 0.1) is 12.2 Å². The van der Waals surface area contributed by atoms with E-state index in [1.54, 1.807) is 28.4 Å². The third-order valence-corrected chi connectivity index (χ3v) is 5.94. The highest BCUT2D eigenvalue weighted by atomic mass is 16.1. The molecule has 0 unspecified atom stereocenters. The topological polar surface area (TPSA) is 63.4 Å². The zero-order valence-corrected chi connectivity index (χ0v) is 16.6. The molecule has 0 amide bonds. The van der Waals surface area contributed by atoms with Crippen LogP contribution in [-0.2, 0) is 33.0 Å². The molecule has 3 heterocycles. The average molecular weight is 383 g/mol. The van der Waals surface area contributed by atoms with Crippen molar-refractivity contribution in [1.82, 2.24) is 24.1 Å². The van der Waals surface area contributed by atoms with E-state index >= 15 is 0 Å². The Hall–Kier alpha value is -2.25. The number of pyridine rings is 1. The molecule has 7 heteroatoms. The Morgan fingerprint density at radius 1 is 0.929 bits per heavy atom. The Balaban J connectivity index is 1.28. The molecule has 1 fully saturated rings. The Bertz CT molecular complexity index is 941. The molecule has 0 bridgehead atoms. The highest BCUT2D eigenvalue weighted by molar-refractivity contribution is 5.20. The number of hydrogen-bond acceptors (Lipinski definition) is 5. The van der Waals surface area contributed by atoms with E-state index < -0.39 is 0 Å². The summed E-state index contributed by atoms with van der Waals surface area (Å²) in [7, 11) is 1.77. The Morgan fingerprint density at radius 3 is 2.46 bits per heavy atom. The van der Waals surface area contributed by atoms with Crippen molar-refractivity contribution in [2.45, 2.75) is 38.8 Å². The monoisotopic (exact) mass is 383 g/mol. The zero-order valence-electron chi connectivity index (χ0n) is 16.6. The van der Waals surface area contributed by atoms with Crippen molar-refractivity contribution in [3.8, 4) is 0 Å². The van der Waals surface area contributed by atoms with Gasteiger partial charge in [-0.1, -0.05) is 0 Å². The maximum atomic E-state index is 12.3. The molecule has 4 rings (SSSR count). The number of hydrogen-bond donors (Lipinski definition) is 0. The second-order valence-corrected chi connectivity index (χ2v) is 7.99. The lowest BCUT2D eigenvalue weighted by molar-refractivity contribution is 0.122. The predicted octanol–water partition coefficient (Wildman–Crippen LogP) is 0.639. The smallest absolute Gasteiger partial charge is 0.267 e. The molecule has 7 nitrogen and oxygen atoms in total. The number of aryl methyl sites for hydroxylation is 3. The zero-order chi connectivity index (χ0) is 19.5. The van der Waals surface area contributed by atoms with Crippen LogP contribution < -0.4 is 11.1 Å². The van der Waals surface area contributed by atoms with Crippen molar-refractivity contribution in [3.05, 3.63) is 61.9 Å². The van der Waals surface area contributed by atoms with Crippen LogP contribution in [0.3, 0.4) is 0 Å². The third kappa shape index (κ3) is 4.42. The van der Waals surface area contributed by atoms with Gasteiger partial charge in [-0.2, -0.15) is 5.10 Å². The molecule has 0 radical (unpaired) electrons. The summed E-state index contributed by atoms with van der Waals surface area (Å²) >= 11 is 0. The van der Waals surface area contributed by atoms with E-state index in [4.69, 9.17) is 0 Å². The van der Waals surface area contributed by atoms with Crippen LogP contribution in [0.5, 0.6) is 0 Å². The lowest BCUT2D eigenvalue weighted by Crippen LogP contribution is -2.47. The first-order chi connectivity index (χ1) is 13.6. The number of nitrogens with zero attached hydrogens (tertiary/aromatic N) is 5. The molecule has 0 N–H and O–H groups in total. The van der Waals surface area contributed by atoms with Gasteiger partial charge in [0.15, 0.2) is 0 Å². The minimum Gasteiger partial charge on any atom is -0.319 e. The van der Waals surface area contributed by atoms with Crippen LogP contribution in [0.4, 0.5) is 0 Å². The van der Waals surface area contributed by atoms with Crippen LogP contribution in [0.25, 0.3) is 0 Å². The molecule has 2 aromatic heterocycles. The van der Waals surface area contributed by atoms with Crippen molar-refractivity contribution in [1.29, 1.82) is 0 Å². The van der Waals surface area contributed by atoms with Crippen LogP contribution in [0.15, 0.2) is 34.0 Å². The number of fused-ring (bicyclic) bond motifs is 1. The molecule has 2 aliphatic rings. The number of rotatable bonds is 5. The Kier molecular flexibility index (Phi) is 5.73. The van der Waals surface area contributed by atoms with E-state index in [0.29, 0.717) is 6.54 Å². The molecular formula is C21H29N5O2. The molecule has 2 aromatic rings. The van der Waals surface area contributed by atoms with E-state index in [1.807, 2.05) is 12.3 Å². The summed E-state index contributed by atoms with van der Waals surface area (Å²) in [4.78, 5) is 28.9. The summed E-state index contributed by atoms with van der Waals surface area (Å²) in [5, 5.41) is 4.62. The standard InChI is InChI=1S/C21H29N5O2/c1-23-7-6-17(14-20(23)27)16-25-10-8-24(9-11-25)12-13-26-21(28)15-18-4-2-3-5-19(18)22-26/h6-7,14-15H,2-5,8-13,16H2,1H3. The van der Waals surface area contributed by atoms with Crippen molar-refractivity contribution < 1.29 is 0 Å². The first kappa shape index (κ1) is 19.1. The second-order valence-electron chi connectivity index (χ2n) is 7.99. The Labute approximate surface area is 165 Å². The van der Waals surface area contributed by atoms with E-state index in [0.717, 1.165) is 68.9 Å². The van der Waals surface area contributed by atoms with Gasteiger partial charge in [0.25, 0.3) is 11.1 Å². The Morgan fingerprint density at radius 2 is 1.68 bits per heavy atom. The van der Waals surface area contributed by atoms with Crippen LogP contribution in [0.1, 0.15) is 29.7 Å². The summed E-state index contributed by atoms with van der Waals surface area (Å²) in [6, 6.07) is 5.53. The molecule has 1 aliphatic carbocycles. The molecule has 1 saturated heterocycles. The minimum absolute atomic E-state index is 0.0324. The highest BCUT2D eigenvalue weighted by Crippen LogP contribution is 2.16. The maximum absolute atomic E-state index is 12.3. The third-order valence-electron chi connectivity index (χ3n) is 5.94. The van der Waals surface area contributed by atoms with Crippen LogP contribution in [-0.4, -0.2) is 56.9 Å². The van der Waals surface area contributed by atoms with Crippen molar-refractivity contribution in [2.75, 3.05) is 32.7 Å². The van der Waals surface area contributed by atoms with Crippen LogP contribution in [0.2, 0.25) is 0 Å². The molecule has 150 valence electrons. The first-order valence-corrected chi connectivity index (χ1v) is 10.3. The minimum atomic E-state index is 0.0324. The molecule has 0 atom stereocenters. The van der Waals surface area contributed by atoms with Crippen molar-refractivity contribution in [2.24, 2.45) is 7.05 Å². The SMILES string of the molecule is Cn1ccc(CN2CCN(CCn3nc4c(cc3=O)CCCC4)CC2)cc1=O. The number of piperazine rings is 1. The van der Waals surface area contributed by atoms with Gasteiger partial charge in [-0.15, -0.1) is 0 Å². The normalized spacial score (nSPS) is 18.2. The highest BCUT2D eigenvalue weighted by Gasteiger charge is 2.18. The fraction of sp³-hybridized carbons (Fsp3) is 0.571.